The number of aryl methyl sites for hydroxylation is 1. The maximum absolute atomic E-state index is 13.2. The number of rotatable bonds is 4. The van der Waals surface area contributed by atoms with Gasteiger partial charge in [0.1, 0.15) is 17.8 Å². The number of piperazine rings is 1. The van der Waals surface area contributed by atoms with E-state index in [0.29, 0.717) is 12.2 Å². The number of carbonyl (C=O) groups is 1. The van der Waals surface area contributed by atoms with E-state index in [2.05, 4.69) is 20.0 Å². The summed E-state index contributed by atoms with van der Waals surface area (Å²) in [5.74, 6) is 0.787. The third kappa shape index (κ3) is 3.34. The lowest BCUT2D eigenvalue weighted by molar-refractivity contribution is 0.00501. The molecule has 2 atom stereocenters. The zero-order valence-electron chi connectivity index (χ0n) is 16.7. The zero-order chi connectivity index (χ0) is 20.7. The Labute approximate surface area is 173 Å². The number of benzene rings is 1. The van der Waals surface area contributed by atoms with E-state index in [0.717, 1.165) is 36.6 Å². The highest BCUT2D eigenvalue weighted by molar-refractivity contribution is 5.93. The minimum Gasteiger partial charge on any atom is -0.352 e. The van der Waals surface area contributed by atoms with Gasteiger partial charge in [-0.2, -0.15) is 5.10 Å². The maximum Gasteiger partial charge on any atom is 0.274 e. The average molecular weight is 402 g/mol. The second-order valence-electron chi connectivity index (χ2n) is 7.88. The Morgan fingerprint density at radius 1 is 1.07 bits per heavy atom. The molecule has 3 aliphatic heterocycles. The summed E-state index contributed by atoms with van der Waals surface area (Å²) >= 11 is 0. The molecule has 8 nitrogen and oxygen atoms in total. The van der Waals surface area contributed by atoms with Crippen LogP contribution in [0.25, 0.3) is 0 Å². The van der Waals surface area contributed by atoms with E-state index in [1.807, 2.05) is 48.2 Å². The monoisotopic (exact) mass is 402 g/mol. The molecule has 152 valence electrons. The lowest BCUT2D eigenvalue weighted by Crippen LogP contribution is -2.70. The number of piperidine rings is 1. The summed E-state index contributed by atoms with van der Waals surface area (Å²) in [4.78, 5) is 38.0. The van der Waals surface area contributed by atoms with Gasteiger partial charge < -0.3 is 9.80 Å². The third-order valence-electron chi connectivity index (χ3n) is 5.80. The van der Waals surface area contributed by atoms with Crippen molar-refractivity contribution in [3.63, 3.8) is 0 Å². The Bertz CT molecular complexity index is 1130. The molecule has 2 unspecified atom stereocenters. The van der Waals surface area contributed by atoms with Gasteiger partial charge in [-0.3, -0.25) is 9.59 Å². The summed E-state index contributed by atoms with van der Waals surface area (Å²) in [6, 6.07) is 14.8. The first-order valence-corrected chi connectivity index (χ1v) is 10.1. The molecule has 2 bridgehead atoms. The van der Waals surface area contributed by atoms with Gasteiger partial charge in [-0.25, -0.2) is 14.6 Å². The van der Waals surface area contributed by atoms with Gasteiger partial charge in [-0.1, -0.05) is 30.3 Å². The number of anilines is 1. The van der Waals surface area contributed by atoms with E-state index in [9.17, 15) is 9.59 Å². The van der Waals surface area contributed by atoms with Crippen LogP contribution in [0.3, 0.4) is 0 Å². The molecule has 1 aromatic carbocycles. The van der Waals surface area contributed by atoms with Crippen LogP contribution in [-0.2, 0) is 6.54 Å². The first-order chi connectivity index (χ1) is 14.6. The lowest BCUT2D eigenvalue weighted by Gasteiger charge is -2.56. The molecule has 6 rings (SSSR count). The van der Waals surface area contributed by atoms with Crippen molar-refractivity contribution in [3.05, 3.63) is 82.2 Å². The van der Waals surface area contributed by atoms with Gasteiger partial charge in [0.15, 0.2) is 0 Å². The molecule has 1 amide bonds. The summed E-state index contributed by atoms with van der Waals surface area (Å²) in [6.07, 6.45) is 2.56. The van der Waals surface area contributed by atoms with Gasteiger partial charge in [0.05, 0.1) is 18.6 Å². The molecule has 3 aliphatic rings. The molecule has 3 fully saturated rings. The van der Waals surface area contributed by atoms with Crippen LogP contribution in [0.2, 0.25) is 0 Å². The molecule has 0 saturated carbocycles. The van der Waals surface area contributed by atoms with Gasteiger partial charge in [0, 0.05) is 30.9 Å². The van der Waals surface area contributed by atoms with Crippen molar-refractivity contribution in [2.24, 2.45) is 0 Å². The van der Waals surface area contributed by atoms with Crippen LogP contribution in [0.5, 0.6) is 0 Å². The summed E-state index contributed by atoms with van der Waals surface area (Å²) in [7, 11) is 0. The first kappa shape index (κ1) is 18.5. The number of fused-ring (bicyclic) bond motifs is 2. The Balaban J connectivity index is 1.33. The minimum atomic E-state index is -0.218. The molecule has 0 aliphatic carbocycles. The van der Waals surface area contributed by atoms with E-state index in [1.54, 1.807) is 6.33 Å². The summed E-state index contributed by atoms with van der Waals surface area (Å²) in [5.41, 5.74) is 1.99. The largest absolute Gasteiger partial charge is 0.352 e. The predicted octanol–water partition coefficient (Wildman–Crippen LogP) is 1.49. The highest BCUT2D eigenvalue weighted by atomic mass is 16.2. The topological polar surface area (TPSA) is 84.2 Å². The molecule has 3 saturated heterocycles. The van der Waals surface area contributed by atoms with Crippen LogP contribution in [0.4, 0.5) is 5.82 Å². The first-order valence-electron chi connectivity index (χ1n) is 10.1. The molecular formula is C22H22N6O2. The number of amides is 1. The van der Waals surface area contributed by atoms with E-state index >= 15 is 0 Å². The van der Waals surface area contributed by atoms with E-state index < -0.39 is 0 Å². The van der Waals surface area contributed by atoms with Crippen LogP contribution in [-0.4, -0.2) is 55.7 Å². The van der Waals surface area contributed by atoms with Crippen LogP contribution in [0.1, 0.15) is 28.2 Å². The molecular weight excluding hydrogens is 380 g/mol. The Kier molecular flexibility index (Phi) is 4.54. The number of hydrogen-bond donors (Lipinski definition) is 0. The molecule has 0 spiro atoms. The molecule has 3 aromatic rings. The number of aromatic nitrogens is 4. The molecule has 8 heteroatoms. The number of nitrogens with zero attached hydrogens (tertiary/aromatic N) is 6. The van der Waals surface area contributed by atoms with Gasteiger partial charge in [0.2, 0.25) is 0 Å². The Morgan fingerprint density at radius 2 is 1.83 bits per heavy atom. The van der Waals surface area contributed by atoms with Gasteiger partial charge in [-0.05, 0) is 25.0 Å². The average Bonchev–Trinajstić information content (AvgIpc) is 2.76. The quantitative estimate of drug-likeness (QED) is 0.658. The van der Waals surface area contributed by atoms with Crippen LogP contribution in [0, 0.1) is 6.92 Å². The predicted molar refractivity (Wildman–Crippen MR) is 111 cm³/mol. The van der Waals surface area contributed by atoms with Crippen molar-refractivity contribution in [1.29, 1.82) is 0 Å². The lowest BCUT2D eigenvalue weighted by atomic mass is 9.87. The summed E-state index contributed by atoms with van der Waals surface area (Å²) in [5, 5.41) is 4.37. The van der Waals surface area contributed by atoms with E-state index in [4.69, 9.17) is 0 Å². The van der Waals surface area contributed by atoms with Crippen LogP contribution >= 0.6 is 0 Å². The van der Waals surface area contributed by atoms with Crippen molar-refractivity contribution in [3.8, 4) is 0 Å². The third-order valence-corrected chi connectivity index (χ3v) is 5.80. The molecule has 0 N–H and O–H groups in total. The van der Waals surface area contributed by atoms with Gasteiger partial charge >= 0.3 is 0 Å². The number of carbonyl (C=O) groups excluding carboxylic acids is 1. The fourth-order valence-electron chi connectivity index (χ4n) is 4.31. The molecule has 30 heavy (non-hydrogen) atoms. The van der Waals surface area contributed by atoms with Crippen molar-refractivity contribution < 1.29 is 4.79 Å². The van der Waals surface area contributed by atoms with Crippen LogP contribution < -0.4 is 10.5 Å². The van der Waals surface area contributed by atoms with Crippen LogP contribution in [0.15, 0.2) is 59.7 Å². The second kappa shape index (κ2) is 7.37. The zero-order valence-corrected chi connectivity index (χ0v) is 16.7. The summed E-state index contributed by atoms with van der Waals surface area (Å²) < 4.78 is 1.36. The Hall–Kier alpha value is -3.55. The highest BCUT2D eigenvalue weighted by Gasteiger charge is 2.48. The van der Waals surface area contributed by atoms with E-state index in [1.165, 1.54) is 16.8 Å². The highest BCUT2D eigenvalue weighted by Crippen LogP contribution is 2.35. The molecule has 2 aromatic heterocycles. The molecule has 0 radical (unpaired) electrons. The van der Waals surface area contributed by atoms with Gasteiger partial charge in [0.25, 0.3) is 11.5 Å². The van der Waals surface area contributed by atoms with Crippen molar-refractivity contribution in [1.82, 2.24) is 24.6 Å². The van der Waals surface area contributed by atoms with Gasteiger partial charge in [-0.15, -0.1) is 0 Å². The fraction of sp³-hybridized carbons (Fsp3) is 0.318. The van der Waals surface area contributed by atoms with E-state index in [-0.39, 0.29) is 23.6 Å². The second-order valence-corrected chi connectivity index (χ2v) is 7.88. The minimum absolute atomic E-state index is 0.114. The maximum atomic E-state index is 13.2. The normalized spacial score (nSPS) is 20.0. The van der Waals surface area contributed by atoms with Crippen molar-refractivity contribution in [2.75, 3.05) is 18.0 Å². The Morgan fingerprint density at radius 3 is 2.57 bits per heavy atom. The SMILES string of the molecule is Cc1cc(N2CC3CC(C2)N3C(=O)c2ccc(=O)n(Cc3ccccc3)n2)ncn1. The fourth-order valence-corrected chi connectivity index (χ4v) is 4.31. The smallest absolute Gasteiger partial charge is 0.274 e. The number of hydrogen-bond acceptors (Lipinski definition) is 6. The molecule has 5 heterocycles. The standard InChI is InChI=1S/C22H22N6O2/c1-15-9-20(24-14-23-15)26-12-17-10-18(13-26)28(17)22(30)19-7-8-21(29)27(25-19)11-16-5-3-2-4-6-16/h2-9,14,17-18H,10-13H2,1H3. The van der Waals surface area contributed by atoms with Crippen molar-refractivity contribution >= 4 is 11.7 Å². The van der Waals surface area contributed by atoms with Crippen molar-refractivity contribution in [2.45, 2.75) is 32.0 Å². The summed E-state index contributed by atoms with van der Waals surface area (Å²) in [6.45, 7) is 3.76.